The van der Waals surface area contributed by atoms with Crippen LogP contribution in [0.1, 0.15) is 20.7 Å². The second-order valence-electron chi connectivity index (χ2n) is 4.75. The summed E-state index contributed by atoms with van der Waals surface area (Å²) in [6, 6.07) is 8.73. The van der Waals surface area contributed by atoms with E-state index in [1.807, 2.05) is 18.2 Å². The summed E-state index contributed by atoms with van der Waals surface area (Å²) in [6.45, 7) is 0. The molecule has 0 fully saturated rings. The minimum atomic E-state index is -0.500. The number of hydrogen-bond donors (Lipinski definition) is 2. The Bertz CT molecular complexity index is 883. The van der Waals surface area contributed by atoms with Crippen LogP contribution in [0.3, 0.4) is 0 Å². The molecule has 3 rings (SSSR count). The molecule has 0 aliphatic heterocycles. The first kappa shape index (κ1) is 13.8. The lowest BCUT2D eigenvalue weighted by atomic mass is 10.0. The minimum absolute atomic E-state index is 0.414. The van der Waals surface area contributed by atoms with Crippen molar-refractivity contribution in [2.45, 2.75) is 0 Å². The molecular formula is C16H13N3O3. The zero-order valence-corrected chi connectivity index (χ0v) is 11.8. The third-order valence-electron chi connectivity index (χ3n) is 3.42. The molecule has 0 unspecified atom stereocenters. The molecule has 110 valence electrons. The van der Waals surface area contributed by atoms with Gasteiger partial charge >= 0.3 is 5.97 Å². The number of nitrogens with one attached hydrogen (secondary N) is 1. The standard InChI is InChI=1S/C16H13N3O3/c1-22-16(21)10-4-5-18-14(7-10)9-2-3-13-11(6-9)12(8-19-13)15(17)20/h2-8,19H,1H3,(H2,17,20). The third kappa shape index (κ3) is 2.31. The number of methoxy groups -OCH3 is 1. The zero-order valence-electron chi connectivity index (χ0n) is 11.8. The summed E-state index contributed by atoms with van der Waals surface area (Å²) in [7, 11) is 1.33. The van der Waals surface area contributed by atoms with Gasteiger partial charge in [0.1, 0.15) is 0 Å². The van der Waals surface area contributed by atoms with Crippen molar-refractivity contribution in [1.29, 1.82) is 0 Å². The van der Waals surface area contributed by atoms with E-state index in [0.717, 1.165) is 16.5 Å². The van der Waals surface area contributed by atoms with Gasteiger partial charge in [-0.05, 0) is 24.3 Å². The fraction of sp³-hybridized carbons (Fsp3) is 0.0625. The third-order valence-corrected chi connectivity index (χ3v) is 3.42. The Morgan fingerprint density at radius 3 is 2.77 bits per heavy atom. The number of H-pyrrole nitrogens is 1. The largest absolute Gasteiger partial charge is 0.465 e. The number of nitrogens with zero attached hydrogens (tertiary/aromatic N) is 1. The van der Waals surface area contributed by atoms with Crippen molar-refractivity contribution in [2.24, 2.45) is 5.73 Å². The molecule has 0 aliphatic carbocycles. The number of ether oxygens (including phenoxy) is 1. The first-order chi connectivity index (χ1) is 10.6. The van der Waals surface area contributed by atoms with Crippen LogP contribution in [0.4, 0.5) is 0 Å². The molecule has 0 saturated carbocycles. The molecule has 1 aromatic carbocycles. The number of pyridine rings is 1. The Kier molecular flexibility index (Phi) is 3.34. The lowest BCUT2D eigenvalue weighted by Crippen LogP contribution is -2.09. The van der Waals surface area contributed by atoms with Crippen LogP contribution in [-0.2, 0) is 4.74 Å². The summed E-state index contributed by atoms with van der Waals surface area (Å²) >= 11 is 0. The summed E-state index contributed by atoms with van der Waals surface area (Å²) in [4.78, 5) is 30.3. The highest BCUT2D eigenvalue weighted by molar-refractivity contribution is 6.06. The van der Waals surface area contributed by atoms with Gasteiger partial charge in [0, 0.05) is 28.9 Å². The molecule has 0 aliphatic rings. The van der Waals surface area contributed by atoms with Gasteiger partial charge in [0.15, 0.2) is 0 Å². The van der Waals surface area contributed by atoms with Crippen LogP contribution < -0.4 is 5.73 Å². The van der Waals surface area contributed by atoms with Crippen LogP contribution in [-0.4, -0.2) is 29.0 Å². The summed E-state index contributed by atoms with van der Waals surface area (Å²) in [5.74, 6) is -0.927. The number of primary amides is 1. The van der Waals surface area contributed by atoms with Crippen molar-refractivity contribution in [1.82, 2.24) is 9.97 Å². The number of carbonyl (C=O) groups is 2. The number of amides is 1. The van der Waals surface area contributed by atoms with Gasteiger partial charge < -0.3 is 15.5 Å². The SMILES string of the molecule is COC(=O)c1ccnc(-c2ccc3[nH]cc(C(N)=O)c3c2)c1. The molecule has 2 heterocycles. The predicted molar refractivity (Wildman–Crippen MR) is 81.4 cm³/mol. The van der Waals surface area contributed by atoms with Crippen molar-refractivity contribution < 1.29 is 14.3 Å². The maximum atomic E-state index is 11.6. The summed E-state index contributed by atoms with van der Waals surface area (Å²) in [6.07, 6.45) is 3.12. The Hall–Kier alpha value is -3.15. The Labute approximate surface area is 125 Å². The highest BCUT2D eigenvalue weighted by Gasteiger charge is 2.12. The van der Waals surface area contributed by atoms with Crippen molar-refractivity contribution in [2.75, 3.05) is 7.11 Å². The number of rotatable bonds is 3. The van der Waals surface area contributed by atoms with E-state index in [1.165, 1.54) is 13.3 Å². The van der Waals surface area contributed by atoms with Crippen LogP contribution in [0.5, 0.6) is 0 Å². The van der Waals surface area contributed by atoms with E-state index in [9.17, 15) is 9.59 Å². The Morgan fingerprint density at radius 1 is 1.23 bits per heavy atom. The van der Waals surface area contributed by atoms with E-state index in [1.54, 1.807) is 18.3 Å². The molecule has 0 bridgehead atoms. The number of carbonyl (C=O) groups excluding carboxylic acids is 2. The molecular weight excluding hydrogens is 282 g/mol. The second kappa shape index (κ2) is 5.33. The second-order valence-corrected chi connectivity index (χ2v) is 4.75. The van der Waals surface area contributed by atoms with Gasteiger partial charge in [-0.1, -0.05) is 6.07 Å². The maximum Gasteiger partial charge on any atom is 0.337 e. The van der Waals surface area contributed by atoms with E-state index < -0.39 is 11.9 Å². The lowest BCUT2D eigenvalue weighted by molar-refractivity contribution is 0.0600. The van der Waals surface area contributed by atoms with E-state index in [4.69, 9.17) is 10.5 Å². The minimum Gasteiger partial charge on any atom is -0.465 e. The number of esters is 1. The average molecular weight is 295 g/mol. The van der Waals surface area contributed by atoms with Gasteiger partial charge in [0.05, 0.1) is 23.9 Å². The zero-order chi connectivity index (χ0) is 15.7. The van der Waals surface area contributed by atoms with Crippen molar-refractivity contribution in [3.8, 4) is 11.3 Å². The van der Waals surface area contributed by atoms with Gasteiger partial charge in [-0.2, -0.15) is 0 Å². The molecule has 6 nitrogen and oxygen atoms in total. The number of aromatic amines is 1. The average Bonchev–Trinajstić information content (AvgIpc) is 2.97. The van der Waals surface area contributed by atoms with E-state index in [0.29, 0.717) is 16.8 Å². The first-order valence-electron chi connectivity index (χ1n) is 6.56. The quantitative estimate of drug-likeness (QED) is 0.723. The van der Waals surface area contributed by atoms with Crippen LogP contribution in [0.2, 0.25) is 0 Å². The van der Waals surface area contributed by atoms with Crippen molar-refractivity contribution in [3.63, 3.8) is 0 Å². The van der Waals surface area contributed by atoms with Crippen LogP contribution in [0, 0.1) is 0 Å². The van der Waals surface area contributed by atoms with Gasteiger partial charge in [-0.15, -0.1) is 0 Å². The lowest BCUT2D eigenvalue weighted by Gasteiger charge is -2.04. The molecule has 3 aromatic rings. The van der Waals surface area contributed by atoms with Crippen LogP contribution in [0.25, 0.3) is 22.2 Å². The van der Waals surface area contributed by atoms with Gasteiger partial charge in [-0.3, -0.25) is 9.78 Å². The monoisotopic (exact) mass is 295 g/mol. The summed E-state index contributed by atoms with van der Waals surface area (Å²) in [5, 5.41) is 0.718. The molecule has 0 saturated heterocycles. The molecule has 22 heavy (non-hydrogen) atoms. The fourth-order valence-corrected chi connectivity index (χ4v) is 2.32. The smallest absolute Gasteiger partial charge is 0.337 e. The number of nitrogens with two attached hydrogens (primary N) is 1. The highest BCUT2D eigenvalue weighted by Crippen LogP contribution is 2.25. The van der Waals surface area contributed by atoms with Gasteiger partial charge in [0.2, 0.25) is 0 Å². The van der Waals surface area contributed by atoms with Crippen molar-refractivity contribution in [3.05, 3.63) is 53.9 Å². The van der Waals surface area contributed by atoms with Crippen LogP contribution >= 0.6 is 0 Å². The van der Waals surface area contributed by atoms with E-state index in [2.05, 4.69) is 9.97 Å². The predicted octanol–water partition coefficient (Wildman–Crippen LogP) is 2.12. The molecule has 3 N–H and O–H groups in total. The van der Waals surface area contributed by atoms with E-state index >= 15 is 0 Å². The van der Waals surface area contributed by atoms with Gasteiger partial charge in [0.25, 0.3) is 5.91 Å². The molecule has 2 aromatic heterocycles. The topological polar surface area (TPSA) is 98.1 Å². The summed E-state index contributed by atoms with van der Waals surface area (Å²) < 4.78 is 4.70. The number of benzene rings is 1. The molecule has 1 amide bonds. The molecule has 0 radical (unpaired) electrons. The normalized spacial score (nSPS) is 10.6. The molecule has 6 heteroatoms. The maximum absolute atomic E-state index is 11.6. The fourth-order valence-electron chi connectivity index (χ4n) is 2.32. The Morgan fingerprint density at radius 2 is 2.05 bits per heavy atom. The highest BCUT2D eigenvalue weighted by atomic mass is 16.5. The van der Waals surface area contributed by atoms with Gasteiger partial charge in [-0.25, -0.2) is 4.79 Å². The number of aromatic nitrogens is 2. The first-order valence-corrected chi connectivity index (χ1v) is 6.56. The number of fused-ring (bicyclic) bond motifs is 1. The molecule has 0 atom stereocenters. The van der Waals surface area contributed by atoms with E-state index in [-0.39, 0.29) is 0 Å². The summed E-state index contributed by atoms with van der Waals surface area (Å²) in [5.41, 5.74) is 8.39. The number of hydrogen-bond acceptors (Lipinski definition) is 4. The Balaban J connectivity index is 2.12. The van der Waals surface area contributed by atoms with Crippen molar-refractivity contribution >= 4 is 22.8 Å². The van der Waals surface area contributed by atoms with Crippen LogP contribution in [0.15, 0.2) is 42.7 Å². The molecule has 0 spiro atoms.